The summed E-state index contributed by atoms with van der Waals surface area (Å²) in [6, 6.07) is 20.5. The number of benzene rings is 3. The molecule has 1 aromatic heterocycles. The number of hydrogen-bond acceptors (Lipinski definition) is 7. The van der Waals surface area contributed by atoms with E-state index in [1.54, 1.807) is 49.8 Å². The average Bonchev–Trinajstić information content (AvgIpc) is 3.28. The number of carbonyl (C=O) groups excluding carboxylic acids is 2. The monoisotopic (exact) mass is 476 g/mol. The van der Waals surface area contributed by atoms with Crippen molar-refractivity contribution in [2.75, 3.05) is 20.8 Å². The van der Waals surface area contributed by atoms with Gasteiger partial charge in [-0.1, -0.05) is 36.4 Å². The summed E-state index contributed by atoms with van der Waals surface area (Å²) in [6.45, 7) is -0.105. The second-order valence-corrected chi connectivity index (χ2v) is 8.57. The zero-order chi connectivity index (χ0) is 23.9. The van der Waals surface area contributed by atoms with Gasteiger partial charge in [0.25, 0.3) is 5.91 Å². The van der Waals surface area contributed by atoms with E-state index in [1.165, 1.54) is 0 Å². The first kappa shape index (κ1) is 23.3. The summed E-state index contributed by atoms with van der Waals surface area (Å²) in [5.41, 5.74) is 3.00. The number of para-hydroxylation sites is 1. The first-order valence-corrected chi connectivity index (χ1v) is 11.5. The van der Waals surface area contributed by atoms with E-state index in [4.69, 9.17) is 14.2 Å². The van der Waals surface area contributed by atoms with Crippen molar-refractivity contribution in [1.29, 1.82) is 0 Å². The van der Waals surface area contributed by atoms with Gasteiger partial charge in [0.05, 0.1) is 35.0 Å². The fourth-order valence-electron chi connectivity index (χ4n) is 3.48. The molecule has 174 valence electrons. The highest BCUT2D eigenvalue weighted by atomic mass is 32.1. The number of esters is 1. The van der Waals surface area contributed by atoms with Gasteiger partial charge in [0.1, 0.15) is 0 Å². The maximum atomic E-state index is 12.7. The van der Waals surface area contributed by atoms with E-state index in [0.29, 0.717) is 23.5 Å². The molecule has 34 heavy (non-hydrogen) atoms. The van der Waals surface area contributed by atoms with Gasteiger partial charge in [0.15, 0.2) is 18.1 Å². The fourth-order valence-corrected chi connectivity index (χ4v) is 4.47. The molecule has 8 heteroatoms. The molecule has 0 aliphatic carbocycles. The van der Waals surface area contributed by atoms with Crippen LogP contribution in [0.15, 0.2) is 66.7 Å². The van der Waals surface area contributed by atoms with E-state index >= 15 is 0 Å². The Hall–Kier alpha value is -3.91. The first-order chi connectivity index (χ1) is 16.6. The van der Waals surface area contributed by atoms with Gasteiger partial charge >= 0.3 is 5.97 Å². The Labute approximate surface area is 201 Å². The van der Waals surface area contributed by atoms with Crippen LogP contribution >= 0.6 is 11.3 Å². The lowest BCUT2D eigenvalue weighted by Crippen LogP contribution is -2.28. The third kappa shape index (κ3) is 5.52. The van der Waals surface area contributed by atoms with Gasteiger partial charge in [-0.25, -0.2) is 9.78 Å². The molecule has 0 fully saturated rings. The topological polar surface area (TPSA) is 86.8 Å². The predicted molar refractivity (Wildman–Crippen MR) is 131 cm³/mol. The third-order valence-corrected chi connectivity index (χ3v) is 6.23. The van der Waals surface area contributed by atoms with Crippen LogP contribution < -0.4 is 14.8 Å². The molecule has 7 nitrogen and oxygen atoms in total. The minimum Gasteiger partial charge on any atom is -0.493 e. The number of ether oxygens (including phenoxy) is 3. The number of amides is 1. The molecule has 3 aromatic carbocycles. The normalized spacial score (nSPS) is 10.6. The van der Waals surface area contributed by atoms with Gasteiger partial charge < -0.3 is 19.5 Å². The van der Waals surface area contributed by atoms with Gasteiger partial charge in [-0.15, -0.1) is 11.3 Å². The highest BCUT2D eigenvalue weighted by molar-refractivity contribution is 7.18. The van der Waals surface area contributed by atoms with Crippen molar-refractivity contribution in [1.82, 2.24) is 10.3 Å². The Morgan fingerprint density at radius 1 is 0.941 bits per heavy atom. The molecule has 0 radical (unpaired) electrons. The quantitative estimate of drug-likeness (QED) is 0.361. The minimum absolute atomic E-state index is 0.269. The zero-order valence-electron chi connectivity index (χ0n) is 18.9. The molecule has 0 saturated carbocycles. The Bertz CT molecular complexity index is 1280. The van der Waals surface area contributed by atoms with Crippen molar-refractivity contribution in [3.63, 3.8) is 0 Å². The van der Waals surface area contributed by atoms with Crippen LogP contribution in [0.2, 0.25) is 0 Å². The second-order valence-electron chi connectivity index (χ2n) is 7.45. The van der Waals surface area contributed by atoms with Gasteiger partial charge in [-0.05, 0) is 41.5 Å². The molecule has 4 aromatic rings. The van der Waals surface area contributed by atoms with E-state index < -0.39 is 11.9 Å². The van der Waals surface area contributed by atoms with Crippen molar-refractivity contribution in [3.05, 3.63) is 88.4 Å². The molecule has 1 heterocycles. The van der Waals surface area contributed by atoms with E-state index in [0.717, 1.165) is 26.4 Å². The smallest absolute Gasteiger partial charge is 0.338 e. The lowest BCUT2D eigenvalue weighted by molar-refractivity contribution is -0.124. The minimum atomic E-state index is -0.544. The first-order valence-electron chi connectivity index (χ1n) is 10.6. The molecule has 0 saturated heterocycles. The summed E-state index contributed by atoms with van der Waals surface area (Å²) >= 11 is 1.60. The van der Waals surface area contributed by atoms with Crippen LogP contribution in [0.4, 0.5) is 0 Å². The highest BCUT2D eigenvalue weighted by Gasteiger charge is 2.16. The average molecular weight is 477 g/mol. The molecule has 1 amide bonds. The van der Waals surface area contributed by atoms with Crippen molar-refractivity contribution in [2.24, 2.45) is 0 Å². The summed E-state index contributed by atoms with van der Waals surface area (Å²) in [7, 11) is 3.11. The van der Waals surface area contributed by atoms with Crippen molar-refractivity contribution >= 4 is 33.4 Å². The van der Waals surface area contributed by atoms with Gasteiger partial charge in [-0.2, -0.15) is 0 Å². The van der Waals surface area contributed by atoms with Gasteiger partial charge in [-0.3, -0.25) is 4.79 Å². The van der Waals surface area contributed by atoms with Gasteiger partial charge in [0.2, 0.25) is 0 Å². The Kier molecular flexibility index (Phi) is 7.39. The molecule has 0 aliphatic rings. The van der Waals surface area contributed by atoms with Crippen LogP contribution in [0.1, 0.15) is 26.5 Å². The lowest BCUT2D eigenvalue weighted by Gasteiger charge is -2.11. The zero-order valence-corrected chi connectivity index (χ0v) is 19.7. The van der Waals surface area contributed by atoms with E-state index in [1.807, 2.05) is 42.5 Å². The summed E-state index contributed by atoms with van der Waals surface area (Å²) < 4.78 is 16.9. The summed E-state index contributed by atoms with van der Waals surface area (Å²) in [4.78, 5) is 29.6. The van der Waals surface area contributed by atoms with Crippen LogP contribution in [0.5, 0.6) is 11.5 Å². The number of rotatable bonds is 9. The lowest BCUT2D eigenvalue weighted by atomic mass is 10.1. The Balaban J connectivity index is 1.34. The third-order valence-electron chi connectivity index (χ3n) is 5.19. The number of nitrogens with one attached hydrogen (secondary N) is 1. The van der Waals surface area contributed by atoms with Crippen LogP contribution in [0.25, 0.3) is 10.2 Å². The number of aromatic nitrogens is 1. The van der Waals surface area contributed by atoms with E-state index in [9.17, 15) is 9.59 Å². The highest BCUT2D eigenvalue weighted by Crippen LogP contribution is 2.27. The Morgan fingerprint density at radius 2 is 1.71 bits per heavy atom. The number of hydrogen-bond donors (Lipinski definition) is 1. The molecule has 1 N–H and O–H groups in total. The van der Waals surface area contributed by atoms with Crippen LogP contribution in [-0.4, -0.2) is 37.7 Å². The molecule has 0 bridgehead atoms. The maximum absolute atomic E-state index is 12.7. The van der Waals surface area contributed by atoms with Crippen LogP contribution in [0.3, 0.4) is 0 Å². The number of thiazole rings is 1. The molecule has 0 spiro atoms. The number of nitrogens with zero attached hydrogens (tertiary/aromatic N) is 1. The maximum Gasteiger partial charge on any atom is 0.338 e. The molecule has 0 atom stereocenters. The van der Waals surface area contributed by atoms with Crippen LogP contribution in [-0.2, 0) is 22.5 Å². The van der Waals surface area contributed by atoms with Crippen molar-refractivity contribution < 1.29 is 23.8 Å². The second kappa shape index (κ2) is 10.8. The SMILES string of the molecule is COc1ccc(CNC(=O)COC(=O)c2ccccc2Cc2nc3ccccc3s2)cc1OC. The standard InChI is InChI=1S/C26H24N2O5S/c1-31-21-12-11-17(13-22(21)32-2)15-27-24(29)16-33-26(30)19-8-4-3-7-18(19)14-25-28-20-9-5-6-10-23(20)34-25/h3-13H,14-16H2,1-2H3,(H,27,29). The number of methoxy groups -OCH3 is 2. The summed E-state index contributed by atoms with van der Waals surface area (Å²) in [6.07, 6.45) is 0.510. The predicted octanol–water partition coefficient (Wildman–Crippen LogP) is 4.38. The summed E-state index contributed by atoms with van der Waals surface area (Å²) in [5, 5.41) is 3.65. The molecule has 4 rings (SSSR count). The fraction of sp³-hybridized carbons (Fsp3) is 0.192. The number of fused-ring (bicyclic) bond motifs is 1. The van der Waals surface area contributed by atoms with Crippen LogP contribution in [0, 0.1) is 0 Å². The number of carbonyl (C=O) groups is 2. The van der Waals surface area contributed by atoms with Crippen molar-refractivity contribution in [3.8, 4) is 11.5 Å². The summed E-state index contributed by atoms with van der Waals surface area (Å²) in [5.74, 6) is 0.242. The molecular formula is C26H24N2O5S. The largest absolute Gasteiger partial charge is 0.493 e. The Morgan fingerprint density at radius 3 is 2.50 bits per heavy atom. The molecule has 0 unspecified atom stereocenters. The molecule has 0 aliphatic heterocycles. The van der Waals surface area contributed by atoms with Crippen molar-refractivity contribution in [2.45, 2.75) is 13.0 Å². The van der Waals surface area contributed by atoms with Gasteiger partial charge in [0, 0.05) is 13.0 Å². The van der Waals surface area contributed by atoms with E-state index in [2.05, 4.69) is 10.3 Å². The van der Waals surface area contributed by atoms with E-state index in [-0.39, 0.29) is 13.2 Å². The molecular weight excluding hydrogens is 452 g/mol.